The van der Waals surface area contributed by atoms with Crippen molar-refractivity contribution >= 4 is 21.7 Å². The summed E-state index contributed by atoms with van der Waals surface area (Å²) >= 11 is 0. The highest BCUT2D eigenvalue weighted by Crippen LogP contribution is 2.12. The molecule has 20 heavy (non-hydrogen) atoms. The van der Waals surface area contributed by atoms with E-state index >= 15 is 0 Å². The Bertz CT molecular complexity index is 595. The second-order valence-electron chi connectivity index (χ2n) is 4.23. The summed E-state index contributed by atoms with van der Waals surface area (Å²) in [5, 5.41) is 2.56. The molecule has 0 bridgehead atoms. The van der Waals surface area contributed by atoms with E-state index in [-0.39, 0.29) is 23.0 Å². The van der Waals surface area contributed by atoms with Crippen LogP contribution in [0.3, 0.4) is 0 Å². The summed E-state index contributed by atoms with van der Waals surface area (Å²) in [7, 11) is -3.39. The van der Waals surface area contributed by atoms with Crippen LogP contribution in [0, 0.1) is 0 Å². The Balaban J connectivity index is 2.67. The Morgan fingerprint density at radius 1 is 1.30 bits per heavy atom. The van der Waals surface area contributed by atoms with Gasteiger partial charge in [-0.1, -0.05) is 13.0 Å². The summed E-state index contributed by atoms with van der Waals surface area (Å²) in [5.74, 6) is -1.12. The number of hydrogen-bond acceptors (Lipinski definition) is 5. The van der Waals surface area contributed by atoms with Crippen molar-refractivity contribution in [1.82, 2.24) is 5.32 Å². The van der Waals surface area contributed by atoms with Gasteiger partial charge in [0.1, 0.15) is 0 Å². The van der Waals surface area contributed by atoms with Crippen LogP contribution in [0.4, 0.5) is 0 Å². The van der Waals surface area contributed by atoms with Gasteiger partial charge in [0.2, 0.25) is 0 Å². The quantitative estimate of drug-likeness (QED) is 0.784. The number of amides is 1. The van der Waals surface area contributed by atoms with Gasteiger partial charge >= 0.3 is 5.97 Å². The lowest BCUT2D eigenvalue weighted by atomic mass is 10.2. The minimum Gasteiger partial charge on any atom is -0.452 e. The molecular formula is C13H17NO5S. The van der Waals surface area contributed by atoms with E-state index in [1.165, 1.54) is 24.3 Å². The van der Waals surface area contributed by atoms with Gasteiger partial charge in [0.15, 0.2) is 16.4 Å². The Morgan fingerprint density at radius 2 is 2.00 bits per heavy atom. The number of carbonyl (C=O) groups is 2. The van der Waals surface area contributed by atoms with Crippen LogP contribution in [0.1, 0.15) is 23.7 Å². The van der Waals surface area contributed by atoms with E-state index in [9.17, 15) is 18.0 Å². The molecule has 1 rings (SSSR count). The maximum atomic E-state index is 11.7. The summed E-state index contributed by atoms with van der Waals surface area (Å²) in [5.41, 5.74) is 0.0937. The number of sulfone groups is 1. The number of esters is 1. The molecule has 0 aliphatic rings. The van der Waals surface area contributed by atoms with E-state index in [1.54, 1.807) is 0 Å². The minimum absolute atomic E-state index is 0.0300. The molecule has 0 aliphatic heterocycles. The van der Waals surface area contributed by atoms with E-state index in [1.807, 2.05) is 6.92 Å². The van der Waals surface area contributed by atoms with Gasteiger partial charge in [-0.3, -0.25) is 4.79 Å². The van der Waals surface area contributed by atoms with Crippen molar-refractivity contribution in [3.63, 3.8) is 0 Å². The third-order valence-corrected chi connectivity index (χ3v) is 3.51. The van der Waals surface area contributed by atoms with Crippen molar-refractivity contribution < 1.29 is 22.7 Å². The molecule has 0 saturated heterocycles. The smallest absolute Gasteiger partial charge is 0.338 e. The number of nitrogens with one attached hydrogen (secondary N) is 1. The number of carbonyl (C=O) groups excluding carboxylic acids is 2. The molecule has 0 spiro atoms. The van der Waals surface area contributed by atoms with Crippen LogP contribution >= 0.6 is 0 Å². The molecule has 6 nitrogen and oxygen atoms in total. The van der Waals surface area contributed by atoms with Gasteiger partial charge in [0.05, 0.1) is 10.5 Å². The van der Waals surface area contributed by atoms with Crippen LogP contribution in [0.25, 0.3) is 0 Å². The molecule has 0 aliphatic carbocycles. The summed E-state index contributed by atoms with van der Waals surface area (Å²) in [6.07, 6.45) is 1.84. The highest BCUT2D eigenvalue weighted by molar-refractivity contribution is 7.90. The monoisotopic (exact) mass is 299 g/mol. The Morgan fingerprint density at radius 3 is 2.60 bits per heavy atom. The summed E-state index contributed by atoms with van der Waals surface area (Å²) < 4.78 is 27.6. The van der Waals surface area contributed by atoms with Gasteiger partial charge in [-0.15, -0.1) is 0 Å². The van der Waals surface area contributed by atoms with E-state index < -0.39 is 15.8 Å². The van der Waals surface area contributed by atoms with Crippen molar-refractivity contribution in [2.24, 2.45) is 0 Å². The number of ether oxygens (including phenoxy) is 1. The molecule has 0 aromatic heterocycles. The van der Waals surface area contributed by atoms with Crippen LogP contribution in [0.5, 0.6) is 0 Å². The SMILES string of the molecule is CCCNC(=O)COC(=O)c1cccc(S(C)(=O)=O)c1. The summed E-state index contributed by atoms with van der Waals surface area (Å²) in [6, 6.07) is 5.49. The van der Waals surface area contributed by atoms with Gasteiger partial charge in [-0.2, -0.15) is 0 Å². The average molecular weight is 299 g/mol. The zero-order valence-electron chi connectivity index (χ0n) is 11.4. The first-order valence-electron chi connectivity index (χ1n) is 6.08. The van der Waals surface area contributed by atoms with Crippen LogP contribution in [0.2, 0.25) is 0 Å². The lowest BCUT2D eigenvalue weighted by Gasteiger charge is -2.06. The van der Waals surface area contributed by atoms with Crippen molar-refractivity contribution in [3.8, 4) is 0 Å². The molecule has 0 heterocycles. The van der Waals surface area contributed by atoms with Crippen molar-refractivity contribution in [1.29, 1.82) is 0 Å². The fourth-order valence-electron chi connectivity index (χ4n) is 1.38. The Kier molecular flexibility index (Phi) is 5.69. The fraction of sp³-hybridized carbons (Fsp3) is 0.385. The van der Waals surface area contributed by atoms with Crippen molar-refractivity contribution in [2.45, 2.75) is 18.2 Å². The summed E-state index contributed by atoms with van der Waals surface area (Å²) in [6.45, 7) is 2.03. The topological polar surface area (TPSA) is 89.5 Å². The third kappa shape index (κ3) is 5.00. The van der Waals surface area contributed by atoms with E-state index in [4.69, 9.17) is 4.74 Å². The largest absolute Gasteiger partial charge is 0.452 e. The predicted octanol–water partition coefficient (Wildman–Crippen LogP) is 0.773. The number of rotatable bonds is 6. The lowest BCUT2D eigenvalue weighted by Crippen LogP contribution is -2.29. The zero-order chi connectivity index (χ0) is 15.2. The maximum absolute atomic E-state index is 11.7. The van der Waals surface area contributed by atoms with E-state index in [0.29, 0.717) is 6.54 Å². The van der Waals surface area contributed by atoms with Crippen molar-refractivity contribution in [3.05, 3.63) is 29.8 Å². The second-order valence-corrected chi connectivity index (χ2v) is 6.24. The third-order valence-electron chi connectivity index (χ3n) is 2.40. The molecule has 1 N–H and O–H groups in total. The van der Waals surface area contributed by atoms with Gasteiger partial charge in [0.25, 0.3) is 5.91 Å². The van der Waals surface area contributed by atoms with Gasteiger partial charge in [0, 0.05) is 12.8 Å². The number of hydrogen-bond donors (Lipinski definition) is 1. The maximum Gasteiger partial charge on any atom is 0.338 e. The van der Waals surface area contributed by atoms with Crippen LogP contribution < -0.4 is 5.32 Å². The molecule has 0 atom stereocenters. The normalized spacial score (nSPS) is 10.9. The molecule has 1 aromatic carbocycles. The summed E-state index contributed by atoms with van der Waals surface area (Å²) in [4.78, 5) is 23.0. The Hall–Kier alpha value is -1.89. The lowest BCUT2D eigenvalue weighted by molar-refractivity contribution is -0.124. The van der Waals surface area contributed by atoms with Crippen LogP contribution in [-0.4, -0.2) is 39.7 Å². The van der Waals surface area contributed by atoms with Crippen molar-refractivity contribution in [2.75, 3.05) is 19.4 Å². The minimum atomic E-state index is -3.39. The van der Waals surface area contributed by atoms with Crippen LogP contribution in [-0.2, 0) is 19.4 Å². The molecule has 0 fully saturated rings. The van der Waals surface area contributed by atoms with Gasteiger partial charge in [-0.05, 0) is 24.6 Å². The fourth-order valence-corrected chi connectivity index (χ4v) is 2.05. The first-order chi connectivity index (χ1) is 9.34. The van der Waals surface area contributed by atoms with E-state index in [0.717, 1.165) is 12.7 Å². The standard InChI is InChI=1S/C13H17NO5S/c1-3-7-14-12(15)9-19-13(16)10-5-4-6-11(8-10)20(2,17)18/h4-6,8H,3,7,9H2,1-2H3,(H,14,15). The van der Waals surface area contributed by atoms with Crippen LogP contribution in [0.15, 0.2) is 29.2 Å². The Labute approximate surface area is 118 Å². The highest BCUT2D eigenvalue weighted by Gasteiger charge is 2.13. The number of benzene rings is 1. The first-order valence-corrected chi connectivity index (χ1v) is 7.97. The molecule has 1 amide bonds. The predicted molar refractivity (Wildman–Crippen MR) is 73.1 cm³/mol. The molecule has 1 aromatic rings. The molecule has 110 valence electrons. The molecule has 0 saturated carbocycles. The second kappa shape index (κ2) is 7.04. The molecule has 0 unspecified atom stereocenters. The van der Waals surface area contributed by atoms with E-state index in [2.05, 4.69) is 5.32 Å². The zero-order valence-corrected chi connectivity index (χ0v) is 12.2. The average Bonchev–Trinajstić information content (AvgIpc) is 2.41. The first kappa shape index (κ1) is 16.2. The van der Waals surface area contributed by atoms with Gasteiger partial charge in [-0.25, -0.2) is 13.2 Å². The molecule has 7 heteroatoms. The molecule has 0 radical (unpaired) electrons. The van der Waals surface area contributed by atoms with Gasteiger partial charge < -0.3 is 10.1 Å². The highest BCUT2D eigenvalue weighted by atomic mass is 32.2. The molecular weight excluding hydrogens is 282 g/mol.